The van der Waals surface area contributed by atoms with E-state index in [1.165, 1.54) is 11.1 Å². The molecule has 2 heterocycles. The van der Waals surface area contributed by atoms with Crippen LogP contribution >= 0.6 is 0 Å². The molecule has 4 rings (SSSR count). The summed E-state index contributed by atoms with van der Waals surface area (Å²) < 4.78 is 0. The lowest BCUT2D eigenvalue weighted by Gasteiger charge is -2.50. The van der Waals surface area contributed by atoms with E-state index in [0.29, 0.717) is 6.54 Å². The van der Waals surface area contributed by atoms with Gasteiger partial charge in [0.05, 0.1) is 12.6 Å². The van der Waals surface area contributed by atoms with E-state index in [4.69, 9.17) is 0 Å². The molecule has 2 amide bonds. The quantitative estimate of drug-likeness (QED) is 0.799. The zero-order chi connectivity index (χ0) is 16.2. The van der Waals surface area contributed by atoms with Crippen molar-refractivity contribution >= 4 is 11.8 Å². The van der Waals surface area contributed by atoms with Gasteiger partial charge < -0.3 is 9.80 Å². The summed E-state index contributed by atoms with van der Waals surface area (Å²) in [7, 11) is 0. The monoisotopic (exact) mass is 312 g/mol. The molecule has 2 aliphatic heterocycles. The summed E-state index contributed by atoms with van der Waals surface area (Å²) in [4.78, 5) is 29.1. The third-order valence-corrected chi connectivity index (χ3v) is 5.80. The zero-order valence-electron chi connectivity index (χ0n) is 13.9. The second-order valence-electron chi connectivity index (χ2n) is 7.86. The van der Waals surface area contributed by atoms with Gasteiger partial charge in [-0.1, -0.05) is 44.5 Å². The Balaban J connectivity index is 1.67. The van der Waals surface area contributed by atoms with E-state index in [1.54, 1.807) is 0 Å². The van der Waals surface area contributed by atoms with Crippen molar-refractivity contribution in [3.63, 3.8) is 0 Å². The predicted molar refractivity (Wildman–Crippen MR) is 87.8 cm³/mol. The van der Waals surface area contributed by atoms with E-state index in [1.807, 2.05) is 15.9 Å². The number of fused-ring (bicyclic) bond motifs is 3. The van der Waals surface area contributed by atoms with Crippen molar-refractivity contribution < 1.29 is 9.59 Å². The minimum atomic E-state index is -0.0388. The average molecular weight is 312 g/mol. The molecule has 1 aromatic carbocycles. The third-order valence-electron chi connectivity index (χ3n) is 5.80. The normalized spacial score (nSPS) is 26.3. The molecular formula is C19H24N2O2. The molecule has 4 heteroatoms. The zero-order valence-corrected chi connectivity index (χ0v) is 13.9. The van der Waals surface area contributed by atoms with Crippen molar-refractivity contribution in [1.82, 2.24) is 9.80 Å². The Hall–Kier alpha value is -1.84. The number of rotatable bonds is 1. The minimum Gasteiger partial charge on any atom is -0.331 e. The van der Waals surface area contributed by atoms with Crippen LogP contribution in [0.4, 0.5) is 0 Å². The third kappa shape index (κ3) is 2.27. The lowest BCUT2D eigenvalue weighted by Crippen LogP contribution is -2.59. The molecule has 1 unspecified atom stereocenters. The maximum absolute atomic E-state index is 12.7. The Kier molecular flexibility index (Phi) is 3.26. The van der Waals surface area contributed by atoms with Crippen molar-refractivity contribution in [1.29, 1.82) is 0 Å². The smallest absolute Gasteiger partial charge is 0.242 e. The van der Waals surface area contributed by atoms with E-state index < -0.39 is 0 Å². The topological polar surface area (TPSA) is 40.6 Å². The fraction of sp³-hybridized carbons (Fsp3) is 0.579. The van der Waals surface area contributed by atoms with Gasteiger partial charge in [-0.05, 0) is 24.0 Å². The van der Waals surface area contributed by atoms with Crippen molar-refractivity contribution in [2.24, 2.45) is 5.92 Å². The first kappa shape index (κ1) is 14.7. The summed E-state index contributed by atoms with van der Waals surface area (Å²) >= 11 is 0. The van der Waals surface area contributed by atoms with Gasteiger partial charge >= 0.3 is 0 Å². The molecule has 1 aliphatic carbocycles. The van der Waals surface area contributed by atoms with Crippen LogP contribution in [0.25, 0.3) is 0 Å². The highest BCUT2D eigenvalue weighted by Crippen LogP contribution is 2.42. The summed E-state index contributed by atoms with van der Waals surface area (Å²) in [6, 6.07) is 8.42. The Bertz CT molecular complexity index is 663. The fourth-order valence-electron chi connectivity index (χ4n) is 4.26. The number of carbonyl (C=O) groups is 2. The molecule has 1 aromatic rings. The summed E-state index contributed by atoms with van der Waals surface area (Å²) in [5.41, 5.74) is 2.48. The van der Waals surface area contributed by atoms with Crippen LogP contribution in [0.3, 0.4) is 0 Å². The van der Waals surface area contributed by atoms with Gasteiger partial charge in [-0.2, -0.15) is 0 Å². The maximum Gasteiger partial charge on any atom is 0.242 e. The van der Waals surface area contributed by atoms with Crippen LogP contribution in [0.5, 0.6) is 0 Å². The highest BCUT2D eigenvalue weighted by Gasteiger charge is 2.45. The van der Waals surface area contributed by atoms with E-state index >= 15 is 0 Å². The Morgan fingerprint density at radius 1 is 1.22 bits per heavy atom. The minimum absolute atomic E-state index is 0.0181. The molecule has 1 saturated carbocycles. The second kappa shape index (κ2) is 5.08. The highest BCUT2D eigenvalue weighted by molar-refractivity contribution is 5.88. The molecule has 0 bridgehead atoms. The molecule has 0 spiro atoms. The van der Waals surface area contributed by atoms with Crippen LogP contribution in [-0.2, 0) is 15.0 Å². The number of hydrogen-bond donors (Lipinski definition) is 0. The van der Waals surface area contributed by atoms with Crippen LogP contribution in [-0.4, -0.2) is 41.2 Å². The van der Waals surface area contributed by atoms with Gasteiger partial charge in [-0.25, -0.2) is 0 Å². The van der Waals surface area contributed by atoms with E-state index in [2.05, 4.69) is 32.0 Å². The molecule has 1 atom stereocenters. The molecule has 2 fully saturated rings. The van der Waals surface area contributed by atoms with E-state index in [-0.39, 0.29) is 35.7 Å². The standard InChI is InChI=1S/C19H24N2O2/c1-19(2)12-21-16(14-8-3-4-9-15(14)19)10-20(11-17(21)22)18(23)13-6-5-7-13/h3-4,8-9,13,16H,5-7,10-12H2,1-2H3. The largest absolute Gasteiger partial charge is 0.331 e. The number of hydrogen-bond acceptors (Lipinski definition) is 2. The van der Waals surface area contributed by atoms with E-state index in [9.17, 15) is 9.59 Å². The first-order valence-electron chi connectivity index (χ1n) is 8.65. The summed E-state index contributed by atoms with van der Waals surface area (Å²) in [5.74, 6) is 0.438. The Morgan fingerprint density at radius 2 is 1.96 bits per heavy atom. The van der Waals surface area contributed by atoms with Gasteiger partial charge in [-0.15, -0.1) is 0 Å². The number of benzene rings is 1. The summed E-state index contributed by atoms with van der Waals surface area (Å²) in [6.07, 6.45) is 3.12. The van der Waals surface area contributed by atoms with Gasteiger partial charge in [0.1, 0.15) is 0 Å². The predicted octanol–water partition coefficient (Wildman–Crippen LogP) is 2.49. The van der Waals surface area contributed by atoms with Crippen LogP contribution < -0.4 is 0 Å². The van der Waals surface area contributed by atoms with E-state index in [0.717, 1.165) is 25.8 Å². The average Bonchev–Trinajstić information content (AvgIpc) is 2.46. The van der Waals surface area contributed by atoms with Gasteiger partial charge in [0.15, 0.2) is 0 Å². The van der Waals surface area contributed by atoms with Crippen LogP contribution in [0.1, 0.15) is 50.3 Å². The number of carbonyl (C=O) groups excluding carboxylic acids is 2. The molecule has 4 nitrogen and oxygen atoms in total. The van der Waals surface area contributed by atoms with Gasteiger partial charge in [0, 0.05) is 24.4 Å². The summed E-state index contributed by atoms with van der Waals surface area (Å²) in [5, 5.41) is 0. The molecule has 1 saturated heterocycles. The lowest BCUT2D eigenvalue weighted by atomic mass is 9.75. The Morgan fingerprint density at radius 3 is 2.65 bits per heavy atom. The molecule has 0 radical (unpaired) electrons. The second-order valence-corrected chi connectivity index (χ2v) is 7.86. The summed E-state index contributed by atoms with van der Waals surface area (Å²) in [6.45, 7) is 6.03. The molecule has 23 heavy (non-hydrogen) atoms. The molecule has 0 aromatic heterocycles. The maximum atomic E-state index is 12.7. The first-order valence-corrected chi connectivity index (χ1v) is 8.65. The van der Waals surface area contributed by atoms with Crippen LogP contribution in [0.2, 0.25) is 0 Å². The fourth-order valence-corrected chi connectivity index (χ4v) is 4.26. The van der Waals surface area contributed by atoms with Crippen molar-refractivity contribution in [2.75, 3.05) is 19.6 Å². The molecule has 122 valence electrons. The lowest BCUT2D eigenvalue weighted by molar-refractivity contribution is -0.153. The number of piperazine rings is 1. The molecule has 0 N–H and O–H groups in total. The highest BCUT2D eigenvalue weighted by atomic mass is 16.2. The molecular weight excluding hydrogens is 288 g/mol. The van der Waals surface area contributed by atoms with Gasteiger partial charge in [0.25, 0.3) is 0 Å². The number of amides is 2. The number of nitrogens with zero attached hydrogens (tertiary/aromatic N) is 2. The van der Waals surface area contributed by atoms with Gasteiger partial charge in [0.2, 0.25) is 11.8 Å². The Labute approximate surface area is 137 Å². The van der Waals surface area contributed by atoms with Crippen LogP contribution in [0, 0.1) is 5.92 Å². The SMILES string of the molecule is CC1(C)CN2C(=O)CN(C(=O)C3CCC3)CC2c2ccccc21. The van der Waals surface area contributed by atoms with Crippen LogP contribution in [0.15, 0.2) is 24.3 Å². The van der Waals surface area contributed by atoms with Crippen molar-refractivity contribution in [3.05, 3.63) is 35.4 Å². The van der Waals surface area contributed by atoms with Crippen molar-refractivity contribution in [3.8, 4) is 0 Å². The first-order chi connectivity index (χ1) is 11.0. The molecule has 3 aliphatic rings. The van der Waals surface area contributed by atoms with Crippen molar-refractivity contribution in [2.45, 2.75) is 44.6 Å². The van der Waals surface area contributed by atoms with Gasteiger partial charge in [-0.3, -0.25) is 9.59 Å².